The molecule has 0 fully saturated rings. The number of carbonyl (C=O) groups excluding carboxylic acids is 1. The highest BCUT2D eigenvalue weighted by Crippen LogP contribution is 2.26. The van der Waals surface area contributed by atoms with Crippen LogP contribution in [0.3, 0.4) is 0 Å². The van der Waals surface area contributed by atoms with Crippen LogP contribution in [0.1, 0.15) is 61.4 Å². The molecule has 0 heterocycles. The number of hydrogen-bond donors (Lipinski definition) is 1. The van der Waals surface area contributed by atoms with Gasteiger partial charge in [0.2, 0.25) is 0 Å². The van der Waals surface area contributed by atoms with Gasteiger partial charge in [0, 0.05) is 0 Å². The number of amides is 1. The second kappa shape index (κ2) is 8.39. The first-order valence-electron chi connectivity index (χ1n) is 9.72. The number of rotatable bonds is 6. The van der Waals surface area contributed by atoms with E-state index in [0.717, 1.165) is 18.6 Å². The Kier molecular flexibility index (Phi) is 5.97. The third kappa shape index (κ3) is 4.46. The average molecular weight is 351 g/mol. The van der Waals surface area contributed by atoms with Gasteiger partial charge in [-0.3, -0.25) is 4.79 Å². The molecule has 2 atom stereocenters. The summed E-state index contributed by atoms with van der Waals surface area (Å²) in [6.45, 7) is 5.94. The summed E-state index contributed by atoms with van der Waals surface area (Å²) in [5, 5.41) is 3.16. The van der Waals surface area contributed by atoms with Crippen molar-refractivity contribution in [2.24, 2.45) is 0 Å². The van der Waals surface area contributed by atoms with Crippen molar-refractivity contribution in [2.75, 3.05) is 0 Å². The van der Waals surface area contributed by atoms with Crippen molar-refractivity contribution < 1.29 is 9.53 Å². The number of carbonyl (C=O) groups is 1. The van der Waals surface area contributed by atoms with Crippen LogP contribution in [-0.2, 0) is 17.6 Å². The van der Waals surface area contributed by atoms with Crippen molar-refractivity contribution >= 4 is 5.91 Å². The van der Waals surface area contributed by atoms with Crippen molar-refractivity contribution in [1.82, 2.24) is 5.32 Å². The smallest absolute Gasteiger partial charge is 0.261 e. The quantitative estimate of drug-likeness (QED) is 0.803. The van der Waals surface area contributed by atoms with Crippen LogP contribution in [-0.4, -0.2) is 12.0 Å². The van der Waals surface area contributed by atoms with Crippen LogP contribution in [0.15, 0.2) is 42.5 Å². The van der Waals surface area contributed by atoms with E-state index in [9.17, 15) is 4.79 Å². The lowest BCUT2D eigenvalue weighted by Crippen LogP contribution is -2.38. The van der Waals surface area contributed by atoms with Crippen LogP contribution in [0.4, 0.5) is 0 Å². The number of hydrogen-bond acceptors (Lipinski definition) is 2. The van der Waals surface area contributed by atoms with Crippen molar-refractivity contribution in [3.05, 3.63) is 64.7 Å². The van der Waals surface area contributed by atoms with Crippen molar-refractivity contribution in [3.63, 3.8) is 0 Å². The Morgan fingerprint density at radius 2 is 1.77 bits per heavy atom. The average Bonchev–Trinajstić information content (AvgIpc) is 2.67. The summed E-state index contributed by atoms with van der Waals surface area (Å²) in [6.07, 6.45) is 5.22. The Morgan fingerprint density at radius 1 is 1.08 bits per heavy atom. The van der Waals surface area contributed by atoms with E-state index in [1.807, 2.05) is 31.2 Å². The highest BCUT2D eigenvalue weighted by atomic mass is 16.5. The Labute approximate surface area is 156 Å². The molecule has 3 nitrogen and oxygen atoms in total. The van der Waals surface area contributed by atoms with Crippen LogP contribution >= 0.6 is 0 Å². The number of aryl methyl sites for hydroxylation is 3. The normalized spacial score (nSPS) is 15.7. The van der Waals surface area contributed by atoms with Gasteiger partial charge in [-0.2, -0.15) is 0 Å². The van der Waals surface area contributed by atoms with E-state index in [0.29, 0.717) is 0 Å². The van der Waals surface area contributed by atoms with Crippen LogP contribution in [0.25, 0.3) is 0 Å². The lowest BCUT2D eigenvalue weighted by molar-refractivity contribution is -0.128. The summed E-state index contributed by atoms with van der Waals surface area (Å²) in [4.78, 5) is 12.6. The van der Waals surface area contributed by atoms with E-state index in [2.05, 4.69) is 30.4 Å². The van der Waals surface area contributed by atoms with E-state index < -0.39 is 6.10 Å². The Balaban J connectivity index is 1.65. The second-order valence-electron chi connectivity index (χ2n) is 7.28. The molecular weight excluding hydrogens is 322 g/mol. The lowest BCUT2D eigenvalue weighted by atomic mass is 9.89. The van der Waals surface area contributed by atoms with Crippen molar-refractivity contribution in [1.29, 1.82) is 0 Å². The molecule has 1 aliphatic carbocycles. The Morgan fingerprint density at radius 3 is 2.46 bits per heavy atom. The van der Waals surface area contributed by atoms with Gasteiger partial charge in [-0.05, 0) is 74.8 Å². The molecule has 2 unspecified atom stereocenters. The molecule has 1 aliphatic rings. The molecule has 1 N–H and O–H groups in total. The first-order chi connectivity index (χ1) is 12.6. The maximum absolute atomic E-state index is 12.6. The van der Waals surface area contributed by atoms with E-state index in [1.54, 1.807) is 6.92 Å². The third-order valence-electron chi connectivity index (χ3n) is 5.20. The summed E-state index contributed by atoms with van der Waals surface area (Å²) in [7, 11) is 0. The number of fused-ring (bicyclic) bond motifs is 1. The van der Waals surface area contributed by atoms with Gasteiger partial charge in [-0.1, -0.05) is 42.8 Å². The molecule has 26 heavy (non-hydrogen) atoms. The molecule has 3 rings (SSSR count). The summed E-state index contributed by atoms with van der Waals surface area (Å²) in [5.74, 6) is 0.648. The zero-order chi connectivity index (χ0) is 18.5. The molecule has 0 radical (unpaired) electrons. The van der Waals surface area contributed by atoms with Gasteiger partial charge >= 0.3 is 0 Å². The second-order valence-corrected chi connectivity index (χ2v) is 7.28. The molecule has 0 saturated carbocycles. The molecule has 2 aromatic rings. The molecule has 138 valence electrons. The fourth-order valence-electron chi connectivity index (χ4n) is 3.55. The van der Waals surface area contributed by atoms with Gasteiger partial charge in [-0.15, -0.1) is 0 Å². The minimum Gasteiger partial charge on any atom is -0.481 e. The van der Waals surface area contributed by atoms with Crippen LogP contribution in [0.5, 0.6) is 5.75 Å². The largest absolute Gasteiger partial charge is 0.481 e. The number of benzene rings is 2. The van der Waals surface area contributed by atoms with E-state index in [4.69, 9.17) is 4.74 Å². The third-order valence-corrected chi connectivity index (χ3v) is 5.20. The first kappa shape index (κ1) is 18.5. The van der Waals surface area contributed by atoms with Gasteiger partial charge in [0.25, 0.3) is 5.91 Å². The number of ether oxygens (including phenoxy) is 1. The molecule has 2 aromatic carbocycles. The summed E-state index contributed by atoms with van der Waals surface area (Å²) >= 11 is 0. The zero-order valence-corrected chi connectivity index (χ0v) is 16.0. The standard InChI is InChI=1S/C23H29NO2/c1-4-22(20-12-11-18-7-5-6-8-19(18)15-20)24-23(25)17(3)26-21-13-9-16(2)10-14-21/h9-15,17,22H,4-8H2,1-3H3,(H,24,25). The van der Waals surface area contributed by atoms with Gasteiger partial charge < -0.3 is 10.1 Å². The molecule has 0 aliphatic heterocycles. The van der Waals surface area contributed by atoms with Crippen LogP contribution < -0.4 is 10.1 Å². The fourth-order valence-corrected chi connectivity index (χ4v) is 3.55. The highest BCUT2D eigenvalue weighted by molar-refractivity contribution is 5.81. The van der Waals surface area contributed by atoms with E-state index >= 15 is 0 Å². The molecule has 0 saturated heterocycles. The minimum atomic E-state index is -0.524. The summed E-state index contributed by atoms with van der Waals surface area (Å²) < 4.78 is 5.79. The fraction of sp³-hybridized carbons (Fsp3) is 0.435. The predicted octanol–water partition coefficient (Wildman–Crippen LogP) is 4.91. The van der Waals surface area contributed by atoms with Crippen molar-refractivity contribution in [3.8, 4) is 5.75 Å². The molecule has 3 heteroatoms. The first-order valence-corrected chi connectivity index (χ1v) is 9.72. The highest BCUT2D eigenvalue weighted by Gasteiger charge is 2.20. The van der Waals surface area contributed by atoms with Crippen molar-refractivity contribution in [2.45, 2.75) is 65.0 Å². The van der Waals surface area contributed by atoms with Gasteiger partial charge in [-0.25, -0.2) is 0 Å². The van der Waals surface area contributed by atoms with Gasteiger partial charge in [0.1, 0.15) is 5.75 Å². The molecule has 1 amide bonds. The van der Waals surface area contributed by atoms with Crippen LogP contribution in [0, 0.1) is 6.92 Å². The maximum Gasteiger partial charge on any atom is 0.261 e. The summed E-state index contributed by atoms with van der Waals surface area (Å²) in [6, 6.07) is 14.5. The van der Waals surface area contributed by atoms with Crippen LogP contribution in [0.2, 0.25) is 0 Å². The van der Waals surface area contributed by atoms with E-state index in [-0.39, 0.29) is 11.9 Å². The Hall–Kier alpha value is -2.29. The molecular formula is C23H29NO2. The number of nitrogens with one attached hydrogen (secondary N) is 1. The summed E-state index contributed by atoms with van der Waals surface area (Å²) in [5.41, 5.74) is 5.29. The zero-order valence-electron chi connectivity index (χ0n) is 16.0. The molecule has 0 bridgehead atoms. The monoisotopic (exact) mass is 351 g/mol. The van der Waals surface area contributed by atoms with E-state index in [1.165, 1.54) is 41.5 Å². The minimum absolute atomic E-state index is 0.0267. The predicted molar refractivity (Wildman–Crippen MR) is 106 cm³/mol. The lowest BCUT2D eigenvalue weighted by Gasteiger charge is -2.23. The topological polar surface area (TPSA) is 38.3 Å². The SMILES string of the molecule is CCC(NC(=O)C(C)Oc1ccc(C)cc1)c1ccc2c(c1)CCCC2. The van der Waals surface area contributed by atoms with Gasteiger partial charge in [0.05, 0.1) is 6.04 Å². The molecule has 0 aromatic heterocycles. The van der Waals surface area contributed by atoms with Gasteiger partial charge in [0.15, 0.2) is 6.10 Å². The molecule has 0 spiro atoms. The maximum atomic E-state index is 12.6. The Bertz CT molecular complexity index is 751.